The van der Waals surface area contributed by atoms with Gasteiger partial charge in [-0.25, -0.2) is 0 Å². The summed E-state index contributed by atoms with van der Waals surface area (Å²) in [5, 5.41) is 3.68. The molecule has 0 bridgehead atoms. The Labute approximate surface area is 110 Å². The summed E-state index contributed by atoms with van der Waals surface area (Å²) >= 11 is 2.02. The molecule has 0 fully saturated rings. The molecule has 17 heavy (non-hydrogen) atoms. The molecule has 0 aromatic heterocycles. The van der Waals surface area contributed by atoms with Gasteiger partial charge in [-0.15, -0.1) is 0 Å². The van der Waals surface area contributed by atoms with E-state index in [1.807, 2.05) is 11.8 Å². The average Bonchev–Trinajstić information content (AvgIpc) is 2.34. The molecule has 1 N–H and O–H groups in total. The summed E-state index contributed by atoms with van der Waals surface area (Å²) in [6, 6.07) is 11.3. The topological polar surface area (TPSA) is 12.0 Å². The predicted molar refractivity (Wildman–Crippen MR) is 79.6 cm³/mol. The molecule has 0 amide bonds. The van der Waals surface area contributed by atoms with Crippen LogP contribution in [0.25, 0.3) is 0 Å². The zero-order chi connectivity index (χ0) is 12.5. The van der Waals surface area contributed by atoms with E-state index in [4.69, 9.17) is 0 Å². The van der Waals surface area contributed by atoms with Gasteiger partial charge in [-0.1, -0.05) is 51.1 Å². The van der Waals surface area contributed by atoms with Crippen molar-refractivity contribution in [1.82, 2.24) is 5.32 Å². The summed E-state index contributed by atoms with van der Waals surface area (Å²) in [7, 11) is 0. The molecule has 0 aliphatic rings. The van der Waals surface area contributed by atoms with E-state index >= 15 is 0 Å². The molecule has 0 saturated carbocycles. The van der Waals surface area contributed by atoms with Crippen LogP contribution in [0.4, 0.5) is 0 Å². The van der Waals surface area contributed by atoms with Crippen LogP contribution < -0.4 is 5.32 Å². The molecule has 2 heteroatoms. The Morgan fingerprint density at radius 2 is 1.88 bits per heavy atom. The van der Waals surface area contributed by atoms with Crippen LogP contribution in [0.3, 0.4) is 0 Å². The zero-order valence-corrected chi connectivity index (χ0v) is 12.1. The van der Waals surface area contributed by atoms with Crippen molar-refractivity contribution in [3.63, 3.8) is 0 Å². The molecular formula is C15H25NS. The molecule has 0 heterocycles. The van der Waals surface area contributed by atoms with Crippen molar-refractivity contribution in [2.75, 3.05) is 18.1 Å². The number of nitrogens with one attached hydrogen (secondary N) is 1. The summed E-state index contributed by atoms with van der Waals surface area (Å²) in [4.78, 5) is 0. The molecule has 1 atom stereocenters. The van der Waals surface area contributed by atoms with Gasteiger partial charge in [0.1, 0.15) is 0 Å². The molecule has 0 saturated heterocycles. The first-order valence-electron chi connectivity index (χ1n) is 6.61. The fraction of sp³-hybridized carbons (Fsp3) is 0.600. The lowest BCUT2D eigenvalue weighted by molar-refractivity contribution is 0.413. The molecule has 1 unspecified atom stereocenters. The minimum absolute atomic E-state index is 0.489. The number of thioether (sulfide) groups is 1. The van der Waals surface area contributed by atoms with Crippen LogP contribution in [0.1, 0.15) is 38.8 Å². The summed E-state index contributed by atoms with van der Waals surface area (Å²) in [5.41, 5.74) is 1.41. The van der Waals surface area contributed by atoms with E-state index in [0.29, 0.717) is 12.0 Å². The zero-order valence-electron chi connectivity index (χ0n) is 11.3. The highest BCUT2D eigenvalue weighted by Gasteiger charge is 2.13. The van der Waals surface area contributed by atoms with Crippen molar-refractivity contribution in [3.8, 4) is 0 Å². The Kier molecular flexibility index (Phi) is 7.38. The van der Waals surface area contributed by atoms with E-state index in [0.717, 1.165) is 6.54 Å². The van der Waals surface area contributed by atoms with Gasteiger partial charge in [0, 0.05) is 6.04 Å². The standard InChI is InChI=1S/C15H25NS/c1-4-17-12-8-11-16-15(13(2)3)14-9-6-5-7-10-14/h5-7,9-10,13,15-16H,4,8,11-12H2,1-3H3. The minimum Gasteiger partial charge on any atom is -0.310 e. The van der Waals surface area contributed by atoms with Gasteiger partial charge in [-0.2, -0.15) is 11.8 Å². The normalized spacial score (nSPS) is 12.9. The minimum atomic E-state index is 0.489. The first-order valence-corrected chi connectivity index (χ1v) is 7.77. The third kappa shape index (κ3) is 5.60. The maximum absolute atomic E-state index is 3.68. The number of rotatable bonds is 8. The monoisotopic (exact) mass is 251 g/mol. The first-order chi connectivity index (χ1) is 8.25. The van der Waals surface area contributed by atoms with Crippen LogP contribution in [0, 0.1) is 5.92 Å². The third-order valence-corrected chi connectivity index (χ3v) is 3.84. The second-order valence-electron chi connectivity index (χ2n) is 4.64. The molecule has 1 aromatic carbocycles. The predicted octanol–water partition coefficient (Wildman–Crippen LogP) is 4.12. The Morgan fingerprint density at radius 3 is 2.47 bits per heavy atom. The maximum Gasteiger partial charge on any atom is 0.0343 e. The SMILES string of the molecule is CCSCCCNC(c1ccccc1)C(C)C. The molecule has 0 radical (unpaired) electrons. The third-order valence-electron chi connectivity index (χ3n) is 2.86. The Morgan fingerprint density at radius 1 is 1.18 bits per heavy atom. The highest BCUT2D eigenvalue weighted by atomic mass is 32.2. The molecule has 0 aliphatic carbocycles. The van der Waals surface area contributed by atoms with Gasteiger partial charge < -0.3 is 5.32 Å². The molecule has 1 nitrogen and oxygen atoms in total. The van der Waals surface area contributed by atoms with Gasteiger partial charge in [-0.05, 0) is 36.0 Å². The average molecular weight is 251 g/mol. The van der Waals surface area contributed by atoms with Crippen molar-refractivity contribution < 1.29 is 0 Å². The lowest BCUT2D eigenvalue weighted by Gasteiger charge is -2.23. The molecule has 96 valence electrons. The fourth-order valence-corrected chi connectivity index (χ4v) is 2.61. The van der Waals surface area contributed by atoms with E-state index in [1.165, 1.54) is 23.5 Å². The van der Waals surface area contributed by atoms with Gasteiger partial charge in [0.05, 0.1) is 0 Å². The molecule has 0 aliphatic heterocycles. The van der Waals surface area contributed by atoms with Crippen LogP contribution in [-0.4, -0.2) is 18.1 Å². The van der Waals surface area contributed by atoms with Crippen LogP contribution in [0.15, 0.2) is 30.3 Å². The lowest BCUT2D eigenvalue weighted by atomic mass is 9.96. The molecule has 1 aromatic rings. The van der Waals surface area contributed by atoms with E-state index in [-0.39, 0.29) is 0 Å². The second kappa shape index (κ2) is 8.60. The Balaban J connectivity index is 2.40. The Hall–Kier alpha value is -0.470. The van der Waals surface area contributed by atoms with E-state index in [1.54, 1.807) is 0 Å². The van der Waals surface area contributed by atoms with Crippen LogP contribution in [-0.2, 0) is 0 Å². The molecule has 0 spiro atoms. The lowest BCUT2D eigenvalue weighted by Crippen LogP contribution is -2.27. The highest BCUT2D eigenvalue weighted by molar-refractivity contribution is 7.99. The van der Waals surface area contributed by atoms with Crippen molar-refractivity contribution in [1.29, 1.82) is 0 Å². The van der Waals surface area contributed by atoms with E-state index < -0.39 is 0 Å². The summed E-state index contributed by atoms with van der Waals surface area (Å²) in [5.74, 6) is 3.13. The van der Waals surface area contributed by atoms with E-state index in [9.17, 15) is 0 Å². The van der Waals surface area contributed by atoms with Gasteiger partial charge in [-0.3, -0.25) is 0 Å². The van der Waals surface area contributed by atoms with Gasteiger partial charge in [0.2, 0.25) is 0 Å². The van der Waals surface area contributed by atoms with Gasteiger partial charge in [0.25, 0.3) is 0 Å². The maximum atomic E-state index is 3.68. The number of hydrogen-bond acceptors (Lipinski definition) is 2. The quantitative estimate of drug-likeness (QED) is 0.698. The Bertz CT molecular complexity index is 284. The fourth-order valence-electron chi connectivity index (χ4n) is 1.97. The van der Waals surface area contributed by atoms with Crippen molar-refractivity contribution >= 4 is 11.8 Å². The van der Waals surface area contributed by atoms with Crippen LogP contribution >= 0.6 is 11.8 Å². The molecule has 1 rings (SSSR count). The smallest absolute Gasteiger partial charge is 0.0343 e. The van der Waals surface area contributed by atoms with Crippen molar-refractivity contribution in [3.05, 3.63) is 35.9 Å². The number of hydrogen-bond donors (Lipinski definition) is 1. The van der Waals surface area contributed by atoms with Crippen LogP contribution in [0.2, 0.25) is 0 Å². The van der Waals surface area contributed by atoms with Crippen molar-refractivity contribution in [2.24, 2.45) is 5.92 Å². The van der Waals surface area contributed by atoms with Crippen LogP contribution in [0.5, 0.6) is 0 Å². The highest BCUT2D eigenvalue weighted by Crippen LogP contribution is 2.21. The summed E-state index contributed by atoms with van der Waals surface area (Å²) in [6.45, 7) is 7.90. The van der Waals surface area contributed by atoms with Gasteiger partial charge >= 0.3 is 0 Å². The summed E-state index contributed by atoms with van der Waals surface area (Å²) < 4.78 is 0. The second-order valence-corrected chi connectivity index (χ2v) is 6.03. The number of benzene rings is 1. The first kappa shape index (κ1) is 14.6. The van der Waals surface area contributed by atoms with Crippen molar-refractivity contribution in [2.45, 2.75) is 33.2 Å². The molecular weight excluding hydrogens is 226 g/mol. The van der Waals surface area contributed by atoms with E-state index in [2.05, 4.69) is 56.4 Å². The largest absolute Gasteiger partial charge is 0.310 e. The van der Waals surface area contributed by atoms with Gasteiger partial charge in [0.15, 0.2) is 0 Å². The summed E-state index contributed by atoms with van der Waals surface area (Å²) in [6.07, 6.45) is 1.26.